The fraction of sp³-hybridized carbons (Fsp3) is 0.545. The van der Waals surface area contributed by atoms with Crippen LogP contribution in [0, 0.1) is 11.5 Å². The van der Waals surface area contributed by atoms with Crippen LogP contribution in [0.15, 0.2) is 23.3 Å². The first-order chi connectivity index (χ1) is 6.06. The van der Waals surface area contributed by atoms with E-state index in [1.54, 1.807) is 4.90 Å². The van der Waals surface area contributed by atoms with Gasteiger partial charge in [-0.1, -0.05) is 23.3 Å². The minimum absolute atomic E-state index is 0.711. The molecule has 0 aromatic rings. The Morgan fingerprint density at radius 3 is 1.69 bits per heavy atom. The maximum atomic E-state index is 8.77. The molecule has 13 heavy (non-hydrogen) atoms. The first-order valence-electron chi connectivity index (χ1n) is 4.47. The van der Waals surface area contributed by atoms with Crippen LogP contribution in [0.5, 0.6) is 0 Å². The lowest BCUT2D eigenvalue weighted by molar-refractivity contribution is 0.479. The van der Waals surface area contributed by atoms with Crippen LogP contribution in [-0.2, 0) is 0 Å². The minimum Gasteiger partial charge on any atom is -0.303 e. The van der Waals surface area contributed by atoms with Crippen LogP contribution in [0.4, 0.5) is 0 Å². The molecular weight excluding hydrogens is 160 g/mol. The van der Waals surface area contributed by atoms with Crippen molar-refractivity contribution >= 4 is 0 Å². The summed E-state index contributed by atoms with van der Waals surface area (Å²) in [5.41, 5.74) is 2.50. The molecule has 0 amide bonds. The van der Waals surface area contributed by atoms with Crippen molar-refractivity contribution in [1.82, 2.24) is 4.90 Å². The maximum Gasteiger partial charge on any atom is 0.179 e. The molecule has 0 spiro atoms. The first-order valence-corrected chi connectivity index (χ1v) is 4.47. The number of hydrogen-bond donors (Lipinski definition) is 0. The Balaban J connectivity index is 4.00. The second-order valence-electron chi connectivity index (χ2n) is 3.57. The maximum absolute atomic E-state index is 8.77. The lowest BCUT2D eigenvalue weighted by atomic mass is 10.3. The van der Waals surface area contributed by atoms with E-state index in [1.807, 2.05) is 27.7 Å². The Labute approximate surface area is 81.2 Å². The Bertz CT molecular complexity index is 215. The average molecular weight is 178 g/mol. The van der Waals surface area contributed by atoms with Gasteiger partial charge in [-0.3, -0.25) is 0 Å². The van der Waals surface area contributed by atoms with Gasteiger partial charge in [0.25, 0.3) is 0 Å². The van der Waals surface area contributed by atoms with Gasteiger partial charge in [0.2, 0.25) is 0 Å². The molecule has 0 rings (SSSR count). The van der Waals surface area contributed by atoms with E-state index in [-0.39, 0.29) is 0 Å². The number of nitriles is 1. The zero-order chi connectivity index (χ0) is 10.3. The molecule has 0 saturated carbocycles. The lowest BCUT2D eigenvalue weighted by Crippen LogP contribution is -2.17. The molecule has 0 N–H and O–H groups in total. The van der Waals surface area contributed by atoms with E-state index in [0.29, 0.717) is 13.1 Å². The largest absolute Gasteiger partial charge is 0.303 e. The van der Waals surface area contributed by atoms with Gasteiger partial charge in [0, 0.05) is 13.1 Å². The summed E-state index contributed by atoms with van der Waals surface area (Å²) in [5.74, 6) is 0. The highest BCUT2D eigenvalue weighted by atomic mass is 15.1. The van der Waals surface area contributed by atoms with Gasteiger partial charge < -0.3 is 4.90 Å². The van der Waals surface area contributed by atoms with Crippen molar-refractivity contribution < 1.29 is 0 Å². The van der Waals surface area contributed by atoms with Crippen molar-refractivity contribution in [3.8, 4) is 6.19 Å². The van der Waals surface area contributed by atoms with Gasteiger partial charge in [0.1, 0.15) is 0 Å². The van der Waals surface area contributed by atoms with Crippen LogP contribution >= 0.6 is 0 Å². The molecule has 0 bridgehead atoms. The van der Waals surface area contributed by atoms with Crippen molar-refractivity contribution in [2.24, 2.45) is 0 Å². The molecule has 0 atom stereocenters. The van der Waals surface area contributed by atoms with E-state index >= 15 is 0 Å². The van der Waals surface area contributed by atoms with Crippen LogP contribution in [0.3, 0.4) is 0 Å². The first kappa shape index (κ1) is 11.8. The van der Waals surface area contributed by atoms with Gasteiger partial charge in [0.05, 0.1) is 0 Å². The molecule has 0 aliphatic heterocycles. The summed E-state index contributed by atoms with van der Waals surface area (Å²) in [7, 11) is 0. The minimum atomic E-state index is 0.711. The summed E-state index contributed by atoms with van der Waals surface area (Å²) < 4.78 is 0. The van der Waals surface area contributed by atoms with Gasteiger partial charge in [-0.05, 0) is 27.7 Å². The summed E-state index contributed by atoms with van der Waals surface area (Å²) >= 11 is 0. The summed E-state index contributed by atoms with van der Waals surface area (Å²) in [5, 5.41) is 8.77. The zero-order valence-corrected chi connectivity index (χ0v) is 8.96. The van der Waals surface area contributed by atoms with Crippen molar-refractivity contribution in [3.63, 3.8) is 0 Å². The van der Waals surface area contributed by atoms with E-state index in [0.717, 1.165) is 0 Å². The van der Waals surface area contributed by atoms with Gasteiger partial charge in [-0.15, -0.1) is 0 Å². The van der Waals surface area contributed by atoms with Crippen LogP contribution < -0.4 is 0 Å². The second-order valence-corrected chi connectivity index (χ2v) is 3.57. The SMILES string of the molecule is CC(C)=CCN(C#N)CC=C(C)C. The predicted molar refractivity (Wildman–Crippen MR) is 56.0 cm³/mol. The third-order valence-corrected chi connectivity index (χ3v) is 1.58. The highest BCUT2D eigenvalue weighted by Gasteiger charge is 1.95. The van der Waals surface area contributed by atoms with Crippen molar-refractivity contribution in [3.05, 3.63) is 23.3 Å². The smallest absolute Gasteiger partial charge is 0.179 e. The number of rotatable bonds is 4. The molecule has 0 saturated heterocycles. The van der Waals surface area contributed by atoms with Crippen molar-refractivity contribution in [2.75, 3.05) is 13.1 Å². The van der Waals surface area contributed by atoms with Crippen LogP contribution in [0.25, 0.3) is 0 Å². The van der Waals surface area contributed by atoms with Gasteiger partial charge in [-0.2, -0.15) is 5.26 Å². The highest BCUT2D eigenvalue weighted by molar-refractivity contribution is 5.01. The Morgan fingerprint density at radius 1 is 1.08 bits per heavy atom. The molecule has 0 fully saturated rings. The highest BCUT2D eigenvalue weighted by Crippen LogP contribution is 1.95. The number of nitrogens with zero attached hydrogens (tertiary/aromatic N) is 2. The fourth-order valence-corrected chi connectivity index (χ4v) is 0.742. The van der Waals surface area contributed by atoms with E-state index in [2.05, 4.69) is 18.3 Å². The van der Waals surface area contributed by atoms with E-state index in [1.165, 1.54) is 11.1 Å². The monoisotopic (exact) mass is 178 g/mol. The summed E-state index contributed by atoms with van der Waals surface area (Å²) in [4.78, 5) is 1.72. The molecule has 0 radical (unpaired) electrons. The standard InChI is InChI=1S/C11H18N2/c1-10(2)5-7-13(9-12)8-6-11(3)4/h5-6H,7-8H2,1-4H3. The van der Waals surface area contributed by atoms with Gasteiger partial charge >= 0.3 is 0 Å². The normalized spacial score (nSPS) is 8.54. The number of allylic oxidation sites excluding steroid dienone is 2. The Hall–Kier alpha value is -1.23. The Kier molecular flexibility index (Phi) is 5.71. The third kappa shape index (κ3) is 7.14. The summed E-state index contributed by atoms with van der Waals surface area (Å²) in [6.07, 6.45) is 6.27. The molecule has 0 aliphatic carbocycles. The average Bonchev–Trinajstić information content (AvgIpc) is 2.04. The van der Waals surface area contributed by atoms with Gasteiger partial charge in [0.15, 0.2) is 6.19 Å². The summed E-state index contributed by atoms with van der Waals surface area (Å²) in [6.45, 7) is 9.57. The molecule has 0 aliphatic rings. The molecule has 2 nitrogen and oxygen atoms in total. The van der Waals surface area contributed by atoms with E-state index < -0.39 is 0 Å². The molecule has 0 aromatic carbocycles. The van der Waals surface area contributed by atoms with Crippen LogP contribution in [0.1, 0.15) is 27.7 Å². The molecule has 0 aromatic heterocycles. The van der Waals surface area contributed by atoms with Gasteiger partial charge in [-0.25, -0.2) is 0 Å². The molecular formula is C11H18N2. The topological polar surface area (TPSA) is 27.0 Å². The second kappa shape index (κ2) is 6.30. The zero-order valence-electron chi connectivity index (χ0n) is 8.96. The lowest BCUT2D eigenvalue weighted by Gasteiger charge is -2.10. The van der Waals surface area contributed by atoms with Crippen LogP contribution in [-0.4, -0.2) is 18.0 Å². The molecule has 2 heteroatoms. The van der Waals surface area contributed by atoms with Crippen molar-refractivity contribution in [2.45, 2.75) is 27.7 Å². The quantitative estimate of drug-likeness (QED) is 0.376. The Morgan fingerprint density at radius 2 is 1.46 bits per heavy atom. The van der Waals surface area contributed by atoms with E-state index in [9.17, 15) is 0 Å². The number of hydrogen-bond acceptors (Lipinski definition) is 2. The van der Waals surface area contributed by atoms with E-state index in [4.69, 9.17) is 5.26 Å². The predicted octanol–water partition coefficient (Wildman–Crippen LogP) is 2.70. The molecule has 0 heterocycles. The molecule has 0 unspecified atom stereocenters. The summed E-state index contributed by atoms with van der Waals surface area (Å²) in [6, 6.07) is 0. The van der Waals surface area contributed by atoms with Crippen LogP contribution in [0.2, 0.25) is 0 Å². The third-order valence-electron chi connectivity index (χ3n) is 1.58. The fourth-order valence-electron chi connectivity index (χ4n) is 0.742. The van der Waals surface area contributed by atoms with Crippen molar-refractivity contribution in [1.29, 1.82) is 5.26 Å². The molecule has 72 valence electrons.